The fourth-order valence-electron chi connectivity index (χ4n) is 4.13. The minimum absolute atomic E-state index is 0.208. The first kappa shape index (κ1) is 20.4. The van der Waals surface area contributed by atoms with E-state index in [2.05, 4.69) is 24.3 Å². The van der Waals surface area contributed by atoms with Crippen LogP contribution in [0.5, 0.6) is 0 Å². The lowest BCUT2D eigenvalue weighted by molar-refractivity contribution is -0.133. The third-order valence-electron chi connectivity index (χ3n) is 5.55. The molecule has 2 atom stereocenters. The standard InChI is InChI=1S/C22H31FN4O/c1-16(2)13-17-15-27(22(28)8-7-20-9-11-24-26(20)3)12-10-21(17)25-19-6-4-5-18(23)14-19/h4-6,9,11,14,16-17,21,25H,7-8,10,12-13,15H2,1-3H3/t17-,21+/m0/s1. The Labute approximate surface area is 166 Å². The predicted octanol–water partition coefficient (Wildman–Crippen LogP) is 3.87. The molecule has 0 bridgehead atoms. The maximum absolute atomic E-state index is 13.5. The summed E-state index contributed by atoms with van der Waals surface area (Å²) in [5.74, 6) is 0.885. The SMILES string of the molecule is CC(C)C[C@H]1CN(C(=O)CCc2ccnn2C)CC[C@H]1Nc1cccc(F)c1. The summed E-state index contributed by atoms with van der Waals surface area (Å²) < 4.78 is 15.4. The van der Waals surface area contributed by atoms with Crippen molar-refractivity contribution in [3.63, 3.8) is 0 Å². The predicted molar refractivity (Wildman–Crippen MR) is 109 cm³/mol. The highest BCUT2D eigenvalue weighted by Gasteiger charge is 2.31. The lowest BCUT2D eigenvalue weighted by Gasteiger charge is -2.40. The van der Waals surface area contributed by atoms with Gasteiger partial charge in [0.25, 0.3) is 0 Å². The summed E-state index contributed by atoms with van der Waals surface area (Å²) in [4.78, 5) is 14.8. The largest absolute Gasteiger partial charge is 0.382 e. The van der Waals surface area contributed by atoms with Crippen LogP contribution in [0, 0.1) is 17.7 Å². The number of aryl methyl sites for hydroxylation is 2. The van der Waals surface area contributed by atoms with Crippen molar-refractivity contribution in [2.45, 2.75) is 45.6 Å². The Kier molecular flexibility index (Phi) is 6.70. The smallest absolute Gasteiger partial charge is 0.222 e. The van der Waals surface area contributed by atoms with E-state index in [9.17, 15) is 9.18 Å². The normalized spacial score (nSPS) is 19.8. The van der Waals surface area contributed by atoms with E-state index in [1.807, 2.05) is 28.8 Å². The van der Waals surface area contributed by atoms with Crippen molar-refractivity contribution < 1.29 is 9.18 Å². The van der Waals surface area contributed by atoms with Crippen molar-refractivity contribution in [1.29, 1.82) is 0 Å². The Morgan fingerprint density at radius 2 is 2.18 bits per heavy atom. The number of benzene rings is 1. The topological polar surface area (TPSA) is 50.2 Å². The molecule has 2 heterocycles. The quantitative estimate of drug-likeness (QED) is 0.786. The number of carbonyl (C=O) groups is 1. The number of amides is 1. The summed E-state index contributed by atoms with van der Waals surface area (Å²) in [7, 11) is 1.90. The summed E-state index contributed by atoms with van der Waals surface area (Å²) >= 11 is 0. The van der Waals surface area contributed by atoms with Crippen LogP contribution in [0.2, 0.25) is 0 Å². The molecule has 1 aliphatic rings. The molecule has 1 N–H and O–H groups in total. The number of hydrogen-bond donors (Lipinski definition) is 1. The summed E-state index contributed by atoms with van der Waals surface area (Å²) in [5, 5.41) is 7.67. The van der Waals surface area contributed by atoms with Crippen molar-refractivity contribution in [3.05, 3.63) is 48.0 Å². The molecule has 0 saturated carbocycles. The average Bonchev–Trinajstić information content (AvgIpc) is 3.05. The van der Waals surface area contributed by atoms with E-state index in [0.717, 1.165) is 37.3 Å². The Balaban J connectivity index is 1.60. The molecule has 3 rings (SSSR count). The maximum Gasteiger partial charge on any atom is 0.222 e. The maximum atomic E-state index is 13.5. The Bertz CT molecular complexity index is 788. The van der Waals surface area contributed by atoms with Crippen LogP contribution in [0.25, 0.3) is 0 Å². The fourth-order valence-corrected chi connectivity index (χ4v) is 4.13. The van der Waals surface area contributed by atoms with Gasteiger partial charge in [0.15, 0.2) is 0 Å². The van der Waals surface area contributed by atoms with Gasteiger partial charge < -0.3 is 10.2 Å². The highest BCUT2D eigenvalue weighted by molar-refractivity contribution is 5.76. The van der Waals surface area contributed by atoms with Crippen molar-refractivity contribution in [1.82, 2.24) is 14.7 Å². The first-order valence-corrected chi connectivity index (χ1v) is 10.2. The van der Waals surface area contributed by atoms with Crippen LogP contribution in [0.3, 0.4) is 0 Å². The summed E-state index contributed by atoms with van der Waals surface area (Å²) in [6, 6.07) is 8.85. The van der Waals surface area contributed by atoms with Gasteiger partial charge in [0.2, 0.25) is 5.91 Å². The van der Waals surface area contributed by atoms with E-state index in [1.54, 1.807) is 12.3 Å². The van der Waals surface area contributed by atoms with Gasteiger partial charge in [0, 0.05) is 50.2 Å². The van der Waals surface area contributed by atoms with Gasteiger partial charge in [-0.25, -0.2) is 4.39 Å². The van der Waals surface area contributed by atoms with Crippen LogP contribution in [-0.2, 0) is 18.3 Å². The zero-order valence-corrected chi connectivity index (χ0v) is 17.1. The molecule has 1 aromatic carbocycles. The van der Waals surface area contributed by atoms with Crippen molar-refractivity contribution in [2.75, 3.05) is 18.4 Å². The summed E-state index contributed by atoms with van der Waals surface area (Å²) in [5.41, 5.74) is 1.89. The Hall–Kier alpha value is -2.37. The Morgan fingerprint density at radius 3 is 2.86 bits per heavy atom. The molecule has 152 valence electrons. The van der Waals surface area contributed by atoms with Crippen LogP contribution in [0.1, 0.15) is 38.8 Å². The van der Waals surface area contributed by atoms with E-state index in [0.29, 0.717) is 24.7 Å². The zero-order chi connectivity index (χ0) is 20.1. The minimum atomic E-state index is -0.229. The second-order valence-corrected chi connectivity index (χ2v) is 8.23. The third-order valence-corrected chi connectivity index (χ3v) is 5.55. The molecule has 1 amide bonds. The number of nitrogens with zero attached hydrogens (tertiary/aromatic N) is 3. The molecule has 1 aromatic heterocycles. The van der Waals surface area contributed by atoms with Crippen LogP contribution < -0.4 is 5.32 Å². The van der Waals surface area contributed by atoms with Gasteiger partial charge in [-0.2, -0.15) is 5.10 Å². The number of anilines is 1. The van der Waals surface area contributed by atoms with Gasteiger partial charge in [-0.3, -0.25) is 9.48 Å². The van der Waals surface area contributed by atoms with E-state index in [4.69, 9.17) is 0 Å². The number of likely N-dealkylation sites (tertiary alicyclic amines) is 1. The van der Waals surface area contributed by atoms with Crippen molar-refractivity contribution in [3.8, 4) is 0 Å². The molecule has 0 unspecified atom stereocenters. The number of aromatic nitrogens is 2. The monoisotopic (exact) mass is 386 g/mol. The van der Waals surface area contributed by atoms with E-state index < -0.39 is 0 Å². The Morgan fingerprint density at radius 1 is 1.36 bits per heavy atom. The van der Waals surface area contributed by atoms with Crippen LogP contribution in [-0.4, -0.2) is 39.7 Å². The van der Waals surface area contributed by atoms with Gasteiger partial charge in [-0.1, -0.05) is 19.9 Å². The van der Waals surface area contributed by atoms with Crippen LogP contribution >= 0.6 is 0 Å². The molecular weight excluding hydrogens is 355 g/mol. The molecule has 1 saturated heterocycles. The van der Waals surface area contributed by atoms with E-state index >= 15 is 0 Å². The van der Waals surface area contributed by atoms with Crippen molar-refractivity contribution in [2.24, 2.45) is 18.9 Å². The van der Waals surface area contributed by atoms with E-state index in [1.165, 1.54) is 12.1 Å². The van der Waals surface area contributed by atoms with Gasteiger partial charge >= 0.3 is 0 Å². The number of halogens is 1. The van der Waals surface area contributed by atoms with Crippen LogP contribution in [0.15, 0.2) is 36.5 Å². The second kappa shape index (κ2) is 9.22. The number of hydrogen-bond acceptors (Lipinski definition) is 3. The molecule has 2 aromatic rings. The summed E-state index contributed by atoms with van der Waals surface area (Å²) in [6.07, 6.45) is 4.91. The lowest BCUT2D eigenvalue weighted by Crippen LogP contribution is -2.49. The zero-order valence-electron chi connectivity index (χ0n) is 17.1. The summed E-state index contributed by atoms with van der Waals surface area (Å²) in [6.45, 7) is 5.92. The molecule has 28 heavy (non-hydrogen) atoms. The molecule has 0 aliphatic carbocycles. The molecule has 0 radical (unpaired) electrons. The number of carbonyl (C=O) groups excluding carboxylic acids is 1. The number of nitrogens with one attached hydrogen (secondary N) is 1. The van der Waals surface area contributed by atoms with Gasteiger partial charge in [-0.15, -0.1) is 0 Å². The van der Waals surface area contributed by atoms with Gasteiger partial charge in [0.05, 0.1) is 0 Å². The fraction of sp³-hybridized carbons (Fsp3) is 0.545. The minimum Gasteiger partial charge on any atom is -0.382 e. The first-order valence-electron chi connectivity index (χ1n) is 10.2. The van der Waals surface area contributed by atoms with Gasteiger partial charge in [-0.05, 0) is 55.4 Å². The second-order valence-electron chi connectivity index (χ2n) is 8.23. The molecular formula is C22H31FN4O. The number of piperidine rings is 1. The molecule has 6 heteroatoms. The molecule has 5 nitrogen and oxygen atoms in total. The molecule has 1 fully saturated rings. The third kappa shape index (κ3) is 5.33. The van der Waals surface area contributed by atoms with E-state index in [-0.39, 0.29) is 17.8 Å². The molecule has 1 aliphatic heterocycles. The first-order chi connectivity index (χ1) is 13.4. The van der Waals surface area contributed by atoms with Crippen molar-refractivity contribution >= 4 is 11.6 Å². The molecule has 0 spiro atoms. The highest BCUT2D eigenvalue weighted by Crippen LogP contribution is 2.27. The lowest BCUT2D eigenvalue weighted by atomic mass is 9.85. The average molecular weight is 387 g/mol. The highest BCUT2D eigenvalue weighted by atomic mass is 19.1. The van der Waals surface area contributed by atoms with Crippen LogP contribution in [0.4, 0.5) is 10.1 Å². The number of rotatable bonds is 7. The van der Waals surface area contributed by atoms with Gasteiger partial charge in [0.1, 0.15) is 5.82 Å².